The van der Waals surface area contributed by atoms with Gasteiger partial charge in [-0.15, -0.1) is 0 Å². The number of nitrogens with one attached hydrogen (secondary N) is 1. The molecule has 5 heterocycles. The molecule has 1 aromatic carbocycles. The first-order valence-corrected chi connectivity index (χ1v) is 16.1. The van der Waals surface area contributed by atoms with Gasteiger partial charge < -0.3 is 34.4 Å². The molecular formula is C33H38F2N8O5. The molecule has 0 radical (unpaired) electrons. The predicted octanol–water partition coefficient (Wildman–Crippen LogP) is 3.07. The molecule has 3 aliphatic heterocycles. The number of anilines is 3. The number of piperidine rings is 1. The topological polar surface area (TPSA) is 149 Å². The van der Waals surface area contributed by atoms with E-state index in [0.29, 0.717) is 65.7 Å². The highest BCUT2D eigenvalue weighted by atomic mass is 19.3. The fourth-order valence-corrected chi connectivity index (χ4v) is 5.99. The average Bonchev–Trinajstić information content (AvgIpc) is 3.08. The van der Waals surface area contributed by atoms with Gasteiger partial charge in [0.25, 0.3) is 12.3 Å². The van der Waals surface area contributed by atoms with Crippen molar-refractivity contribution in [2.75, 3.05) is 69.3 Å². The SMILES string of the molecule is CCOc1nc(Nc2nccc(-c3ccc(OC4CCN(C(=O)[C@H](O)C(F)F)CC4)c(C#N)c3)n2)ccc1N1CCN(C2COC2)CC1. The van der Waals surface area contributed by atoms with Crippen LogP contribution in [0.2, 0.25) is 0 Å². The van der Waals surface area contributed by atoms with Crippen molar-refractivity contribution in [2.24, 2.45) is 0 Å². The number of likely N-dealkylation sites (tertiary alicyclic amines) is 1. The van der Waals surface area contributed by atoms with Gasteiger partial charge in [0.2, 0.25) is 11.8 Å². The third kappa shape index (κ3) is 7.56. The van der Waals surface area contributed by atoms with E-state index in [2.05, 4.69) is 31.2 Å². The van der Waals surface area contributed by atoms with E-state index < -0.39 is 18.4 Å². The van der Waals surface area contributed by atoms with E-state index in [0.717, 1.165) is 45.1 Å². The summed E-state index contributed by atoms with van der Waals surface area (Å²) >= 11 is 0. The Morgan fingerprint density at radius 2 is 1.88 bits per heavy atom. The molecule has 1 amide bonds. The lowest BCUT2D eigenvalue weighted by Gasteiger charge is -2.43. The van der Waals surface area contributed by atoms with Crippen LogP contribution in [0, 0.1) is 11.3 Å². The summed E-state index contributed by atoms with van der Waals surface area (Å²) in [6.07, 6.45) is -3.41. The average molecular weight is 665 g/mol. The number of alkyl halides is 2. The summed E-state index contributed by atoms with van der Waals surface area (Å²) in [5.74, 6) is 0.774. The standard InChI is InChI=1S/C33H38F2N8O5/c1-2-47-31-26(42-15-13-41(14-16-42)23-19-46-20-23)4-6-28(39-31)40-33-37-10-7-25(38-33)21-3-5-27(22(17-21)18-36)48-24-8-11-43(12-9-24)32(45)29(44)30(34)35/h3-7,10,17,23-24,29-30,44H,2,8-9,11-16,19-20H2,1H3,(H,37,38,39,40)/t29-/m1/s1. The first-order chi connectivity index (χ1) is 23.3. The van der Waals surface area contributed by atoms with E-state index in [9.17, 15) is 23.9 Å². The maximum Gasteiger partial charge on any atom is 0.273 e. The van der Waals surface area contributed by atoms with Crippen LogP contribution in [0.25, 0.3) is 11.3 Å². The summed E-state index contributed by atoms with van der Waals surface area (Å²) in [7, 11) is 0. The van der Waals surface area contributed by atoms with Crippen LogP contribution >= 0.6 is 0 Å². The second-order valence-electron chi connectivity index (χ2n) is 11.8. The zero-order valence-electron chi connectivity index (χ0n) is 26.6. The Hall–Kier alpha value is -4.65. The molecule has 0 bridgehead atoms. The fraction of sp³-hybridized carbons (Fsp3) is 0.485. The van der Waals surface area contributed by atoms with E-state index in [1.165, 1.54) is 4.90 Å². The van der Waals surface area contributed by atoms with Crippen LogP contribution in [-0.4, -0.2) is 120 Å². The quantitative estimate of drug-likeness (QED) is 0.310. The number of piperazine rings is 1. The number of halogens is 2. The molecule has 0 spiro atoms. The Kier molecular flexibility index (Phi) is 10.4. The number of rotatable bonds is 11. The molecule has 3 aliphatic rings. The van der Waals surface area contributed by atoms with Crippen molar-refractivity contribution in [3.8, 4) is 29.0 Å². The Labute approximate surface area is 277 Å². The smallest absolute Gasteiger partial charge is 0.273 e. The van der Waals surface area contributed by atoms with Crippen LogP contribution in [0.3, 0.4) is 0 Å². The van der Waals surface area contributed by atoms with Crippen LogP contribution in [0.5, 0.6) is 11.6 Å². The highest BCUT2D eigenvalue weighted by Gasteiger charge is 2.33. The number of carbonyl (C=O) groups excluding carboxylic acids is 1. The summed E-state index contributed by atoms with van der Waals surface area (Å²) in [6, 6.07) is 13.5. The largest absolute Gasteiger partial charge is 0.489 e. The molecule has 1 atom stereocenters. The monoisotopic (exact) mass is 664 g/mol. The number of nitrogens with zero attached hydrogens (tertiary/aromatic N) is 7. The number of aromatic nitrogens is 3. The van der Waals surface area contributed by atoms with E-state index in [4.69, 9.17) is 19.2 Å². The normalized spacial score (nSPS) is 18.2. The van der Waals surface area contributed by atoms with Crippen molar-refractivity contribution in [1.82, 2.24) is 24.8 Å². The number of nitriles is 1. The Morgan fingerprint density at radius 1 is 1.10 bits per heavy atom. The van der Waals surface area contributed by atoms with Gasteiger partial charge in [0, 0.05) is 63.9 Å². The molecule has 3 aromatic rings. The number of aliphatic hydroxyl groups is 1. The molecule has 254 valence electrons. The highest BCUT2D eigenvalue weighted by molar-refractivity contribution is 5.81. The van der Waals surface area contributed by atoms with Gasteiger partial charge >= 0.3 is 0 Å². The Morgan fingerprint density at radius 3 is 2.54 bits per heavy atom. The van der Waals surface area contributed by atoms with Crippen LogP contribution in [0.15, 0.2) is 42.6 Å². The first kappa shape index (κ1) is 33.3. The molecule has 2 N–H and O–H groups in total. The van der Waals surface area contributed by atoms with Gasteiger partial charge in [-0.25, -0.2) is 18.7 Å². The summed E-state index contributed by atoms with van der Waals surface area (Å²) in [6.45, 7) is 8.02. The van der Waals surface area contributed by atoms with Gasteiger partial charge in [-0.05, 0) is 43.3 Å². The fourth-order valence-electron chi connectivity index (χ4n) is 5.99. The molecule has 3 saturated heterocycles. The summed E-state index contributed by atoms with van der Waals surface area (Å²) in [5, 5.41) is 22.5. The Balaban J connectivity index is 1.09. The van der Waals surface area contributed by atoms with Gasteiger partial charge in [0.1, 0.15) is 29.4 Å². The number of aliphatic hydroxyl groups excluding tert-OH is 1. The number of hydrogen-bond acceptors (Lipinski definition) is 12. The van der Waals surface area contributed by atoms with Crippen molar-refractivity contribution >= 4 is 23.4 Å². The maximum absolute atomic E-state index is 12.7. The van der Waals surface area contributed by atoms with Crippen molar-refractivity contribution in [3.05, 3.63) is 48.2 Å². The minimum absolute atomic E-state index is 0.168. The molecule has 15 heteroatoms. The third-order valence-corrected chi connectivity index (χ3v) is 8.74. The second kappa shape index (κ2) is 15.1. The number of amides is 1. The van der Waals surface area contributed by atoms with E-state index >= 15 is 0 Å². The number of benzene rings is 1. The molecule has 2 aromatic heterocycles. The number of carbonyl (C=O) groups is 1. The lowest BCUT2D eigenvalue weighted by atomic mass is 10.1. The number of pyridine rings is 1. The Bertz CT molecular complexity index is 1620. The van der Waals surface area contributed by atoms with E-state index in [-0.39, 0.29) is 19.2 Å². The lowest BCUT2D eigenvalue weighted by molar-refractivity contribution is -0.150. The maximum atomic E-state index is 12.7. The zero-order chi connectivity index (χ0) is 33.6. The van der Waals surface area contributed by atoms with Gasteiger partial charge in [-0.2, -0.15) is 10.2 Å². The number of hydrogen-bond donors (Lipinski definition) is 2. The molecule has 6 rings (SSSR count). The van der Waals surface area contributed by atoms with Crippen LogP contribution in [0.1, 0.15) is 25.3 Å². The minimum Gasteiger partial charge on any atom is -0.489 e. The summed E-state index contributed by atoms with van der Waals surface area (Å²) in [5.41, 5.74) is 2.50. The van der Waals surface area contributed by atoms with Crippen LogP contribution in [0.4, 0.5) is 26.2 Å². The van der Waals surface area contributed by atoms with Crippen molar-refractivity contribution in [2.45, 2.75) is 44.4 Å². The highest BCUT2D eigenvalue weighted by Crippen LogP contribution is 2.32. The first-order valence-electron chi connectivity index (χ1n) is 16.1. The van der Waals surface area contributed by atoms with Gasteiger partial charge in [0.15, 0.2) is 6.10 Å². The summed E-state index contributed by atoms with van der Waals surface area (Å²) in [4.78, 5) is 31.7. The predicted molar refractivity (Wildman–Crippen MR) is 172 cm³/mol. The van der Waals surface area contributed by atoms with Crippen molar-refractivity contribution < 1.29 is 32.9 Å². The van der Waals surface area contributed by atoms with Crippen LogP contribution < -0.4 is 19.7 Å². The van der Waals surface area contributed by atoms with E-state index in [1.54, 1.807) is 30.5 Å². The molecule has 48 heavy (non-hydrogen) atoms. The lowest BCUT2D eigenvalue weighted by Crippen LogP contribution is -2.56. The van der Waals surface area contributed by atoms with Crippen molar-refractivity contribution in [3.63, 3.8) is 0 Å². The second-order valence-corrected chi connectivity index (χ2v) is 11.8. The molecular weight excluding hydrogens is 626 g/mol. The summed E-state index contributed by atoms with van der Waals surface area (Å²) < 4.78 is 42.8. The molecule has 0 saturated carbocycles. The molecule has 0 aliphatic carbocycles. The van der Waals surface area contributed by atoms with Gasteiger partial charge in [-0.3, -0.25) is 9.69 Å². The van der Waals surface area contributed by atoms with Crippen molar-refractivity contribution in [1.29, 1.82) is 5.26 Å². The molecule has 0 unspecified atom stereocenters. The van der Waals surface area contributed by atoms with E-state index in [1.807, 2.05) is 19.1 Å². The van der Waals surface area contributed by atoms with Gasteiger partial charge in [0.05, 0.1) is 37.1 Å². The zero-order valence-corrected chi connectivity index (χ0v) is 26.6. The van der Waals surface area contributed by atoms with Gasteiger partial charge in [-0.1, -0.05) is 0 Å². The third-order valence-electron chi connectivity index (χ3n) is 8.74. The minimum atomic E-state index is -3.13. The molecule has 13 nitrogen and oxygen atoms in total. The number of ether oxygens (including phenoxy) is 3. The molecule has 3 fully saturated rings. The van der Waals surface area contributed by atoms with Crippen LogP contribution in [-0.2, 0) is 9.53 Å².